The van der Waals surface area contributed by atoms with E-state index in [0.717, 1.165) is 5.56 Å². The van der Waals surface area contributed by atoms with Gasteiger partial charge in [-0.1, -0.05) is 35.5 Å². The lowest BCUT2D eigenvalue weighted by Gasteiger charge is -2.08. The summed E-state index contributed by atoms with van der Waals surface area (Å²) in [6.45, 7) is 4.14. The summed E-state index contributed by atoms with van der Waals surface area (Å²) in [5.41, 5.74) is 2.06. The van der Waals surface area contributed by atoms with Gasteiger partial charge in [-0.3, -0.25) is 4.79 Å². The second-order valence-electron chi connectivity index (χ2n) is 5.33. The van der Waals surface area contributed by atoms with Crippen molar-refractivity contribution in [2.24, 2.45) is 0 Å². The number of amides is 1. The Morgan fingerprint density at radius 1 is 1.12 bits per heavy atom. The van der Waals surface area contributed by atoms with Crippen molar-refractivity contribution in [3.63, 3.8) is 0 Å². The molecule has 2 heterocycles. The van der Waals surface area contributed by atoms with Crippen LogP contribution < -0.4 is 10.6 Å². The Hall–Kier alpha value is -3.22. The largest absolute Gasteiger partial charge is 0.360 e. The van der Waals surface area contributed by atoms with Crippen molar-refractivity contribution in [3.8, 4) is 0 Å². The lowest BCUT2D eigenvalue weighted by atomic mass is 10.2. The van der Waals surface area contributed by atoms with Gasteiger partial charge in [0, 0.05) is 18.3 Å². The number of benzene rings is 1. The summed E-state index contributed by atoms with van der Waals surface area (Å²) in [7, 11) is 0. The molecule has 0 radical (unpaired) electrons. The summed E-state index contributed by atoms with van der Waals surface area (Å²) in [5.74, 6) is 1.01. The van der Waals surface area contributed by atoms with Crippen LogP contribution in [0, 0.1) is 13.8 Å². The van der Waals surface area contributed by atoms with Crippen LogP contribution in [-0.2, 0) is 6.54 Å². The molecule has 1 amide bonds. The predicted octanol–water partition coefficient (Wildman–Crippen LogP) is 2.95. The Kier molecular flexibility index (Phi) is 4.51. The fraction of sp³-hybridized carbons (Fsp3) is 0.176. The molecule has 0 saturated heterocycles. The Morgan fingerprint density at radius 2 is 1.92 bits per heavy atom. The molecule has 0 unspecified atom stereocenters. The van der Waals surface area contributed by atoms with Crippen LogP contribution in [0.15, 0.2) is 47.0 Å². The average molecular weight is 323 g/mol. The number of rotatable bonds is 5. The first-order valence-electron chi connectivity index (χ1n) is 7.48. The van der Waals surface area contributed by atoms with Crippen LogP contribution in [-0.4, -0.2) is 21.0 Å². The molecule has 2 N–H and O–H groups in total. The second kappa shape index (κ2) is 6.91. The van der Waals surface area contributed by atoms with Crippen molar-refractivity contribution in [1.82, 2.24) is 15.1 Å². The normalized spacial score (nSPS) is 10.4. The van der Waals surface area contributed by atoms with Gasteiger partial charge in [0.05, 0.1) is 0 Å². The van der Waals surface area contributed by atoms with Crippen LogP contribution in [0.25, 0.3) is 0 Å². The zero-order valence-electron chi connectivity index (χ0n) is 13.4. The molecule has 122 valence electrons. The molecule has 1 aromatic carbocycles. The first-order valence-corrected chi connectivity index (χ1v) is 7.48. The summed E-state index contributed by atoms with van der Waals surface area (Å²) in [5, 5.41) is 9.51. The topological polar surface area (TPSA) is 92.9 Å². The van der Waals surface area contributed by atoms with Crippen molar-refractivity contribution in [3.05, 3.63) is 65.2 Å². The smallest absolute Gasteiger partial charge is 0.275 e. The van der Waals surface area contributed by atoms with E-state index in [0.29, 0.717) is 29.8 Å². The first-order chi connectivity index (χ1) is 11.6. The van der Waals surface area contributed by atoms with Crippen LogP contribution in [0.3, 0.4) is 0 Å². The van der Waals surface area contributed by atoms with Gasteiger partial charge in [0.2, 0.25) is 5.95 Å². The van der Waals surface area contributed by atoms with E-state index >= 15 is 0 Å². The standard InChI is InChI=1S/C17H17N5O2/c1-11-8-14(16(23)21-15-9-12(2)24-22-15)20-17(19-11)18-10-13-6-4-3-5-7-13/h3-9H,10H2,1-2H3,(H,18,19,20)(H,21,22,23). The maximum absolute atomic E-state index is 12.3. The van der Waals surface area contributed by atoms with Crippen molar-refractivity contribution in [2.75, 3.05) is 10.6 Å². The van der Waals surface area contributed by atoms with E-state index in [1.54, 1.807) is 19.1 Å². The molecule has 3 aromatic rings. The van der Waals surface area contributed by atoms with Crippen LogP contribution in [0.4, 0.5) is 11.8 Å². The quantitative estimate of drug-likeness (QED) is 0.750. The SMILES string of the molecule is Cc1cc(C(=O)Nc2cc(C)on2)nc(NCc2ccccc2)n1. The van der Waals surface area contributed by atoms with Gasteiger partial charge in [-0.05, 0) is 25.5 Å². The fourth-order valence-corrected chi connectivity index (χ4v) is 2.15. The lowest BCUT2D eigenvalue weighted by Crippen LogP contribution is -2.16. The van der Waals surface area contributed by atoms with Gasteiger partial charge >= 0.3 is 0 Å². The second-order valence-corrected chi connectivity index (χ2v) is 5.33. The molecule has 0 bridgehead atoms. The average Bonchev–Trinajstić information content (AvgIpc) is 2.98. The number of carbonyl (C=O) groups excluding carboxylic acids is 1. The molecule has 7 nitrogen and oxygen atoms in total. The summed E-state index contributed by atoms with van der Waals surface area (Å²) < 4.78 is 4.93. The van der Waals surface area contributed by atoms with Crippen molar-refractivity contribution >= 4 is 17.7 Å². The van der Waals surface area contributed by atoms with Crippen molar-refractivity contribution < 1.29 is 9.32 Å². The summed E-state index contributed by atoms with van der Waals surface area (Å²) in [6, 6.07) is 13.2. The van der Waals surface area contributed by atoms with E-state index in [2.05, 4.69) is 25.8 Å². The monoisotopic (exact) mass is 323 g/mol. The minimum absolute atomic E-state index is 0.263. The third-order valence-electron chi connectivity index (χ3n) is 3.25. The van der Waals surface area contributed by atoms with E-state index in [9.17, 15) is 4.79 Å². The minimum atomic E-state index is -0.364. The predicted molar refractivity (Wildman–Crippen MR) is 89.7 cm³/mol. The maximum atomic E-state index is 12.3. The van der Waals surface area contributed by atoms with Gasteiger partial charge < -0.3 is 15.2 Å². The number of anilines is 2. The molecule has 0 atom stereocenters. The number of aryl methyl sites for hydroxylation is 2. The highest BCUT2D eigenvalue weighted by Gasteiger charge is 2.12. The third-order valence-corrected chi connectivity index (χ3v) is 3.25. The zero-order valence-corrected chi connectivity index (χ0v) is 13.4. The summed E-state index contributed by atoms with van der Waals surface area (Å²) in [4.78, 5) is 20.9. The Balaban J connectivity index is 1.72. The molecule has 7 heteroatoms. The van der Waals surface area contributed by atoms with Crippen molar-refractivity contribution in [2.45, 2.75) is 20.4 Å². The van der Waals surface area contributed by atoms with Gasteiger partial charge in [-0.15, -0.1) is 0 Å². The molecule has 0 aliphatic rings. The molecule has 2 aromatic heterocycles. The van der Waals surface area contributed by atoms with E-state index in [1.807, 2.05) is 37.3 Å². The zero-order chi connectivity index (χ0) is 16.9. The van der Waals surface area contributed by atoms with Gasteiger partial charge in [0.15, 0.2) is 5.82 Å². The molecule has 0 spiro atoms. The molecular weight excluding hydrogens is 306 g/mol. The minimum Gasteiger partial charge on any atom is -0.360 e. The van der Waals surface area contributed by atoms with Gasteiger partial charge in [-0.25, -0.2) is 9.97 Å². The van der Waals surface area contributed by atoms with Crippen LogP contribution in [0.5, 0.6) is 0 Å². The molecule has 0 aliphatic carbocycles. The molecule has 0 saturated carbocycles. The molecular formula is C17H17N5O2. The number of nitrogens with zero attached hydrogens (tertiary/aromatic N) is 3. The highest BCUT2D eigenvalue weighted by molar-refractivity contribution is 6.02. The fourth-order valence-electron chi connectivity index (χ4n) is 2.15. The van der Waals surface area contributed by atoms with E-state index in [-0.39, 0.29) is 11.6 Å². The van der Waals surface area contributed by atoms with Gasteiger partial charge in [0.25, 0.3) is 5.91 Å². The molecule has 3 rings (SSSR count). The number of carbonyl (C=O) groups is 1. The van der Waals surface area contributed by atoms with Crippen LogP contribution >= 0.6 is 0 Å². The molecule has 0 fully saturated rings. The van der Waals surface area contributed by atoms with Gasteiger partial charge in [-0.2, -0.15) is 0 Å². The highest BCUT2D eigenvalue weighted by Crippen LogP contribution is 2.11. The van der Waals surface area contributed by atoms with Crippen LogP contribution in [0.2, 0.25) is 0 Å². The number of nitrogens with one attached hydrogen (secondary N) is 2. The maximum Gasteiger partial charge on any atom is 0.275 e. The Bertz CT molecular complexity index is 845. The molecule has 0 aliphatic heterocycles. The Labute approximate surface area is 139 Å². The van der Waals surface area contributed by atoms with Crippen molar-refractivity contribution in [1.29, 1.82) is 0 Å². The van der Waals surface area contributed by atoms with Crippen LogP contribution in [0.1, 0.15) is 27.5 Å². The third kappa shape index (κ3) is 3.95. The number of aromatic nitrogens is 3. The van der Waals surface area contributed by atoms with E-state index in [1.165, 1.54) is 0 Å². The first kappa shape index (κ1) is 15.7. The summed E-state index contributed by atoms with van der Waals surface area (Å²) >= 11 is 0. The van der Waals surface area contributed by atoms with Gasteiger partial charge in [0.1, 0.15) is 11.5 Å². The van der Waals surface area contributed by atoms with E-state index in [4.69, 9.17) is 4.52 Å². The number of hydrogen-bond acceptors (Lipinski definition) is 6. The lowest BCUT2D eigenvalue weighted by molar-refractivity contribution is 0.102. The summed E-state index contributed by atoms with van der Waals surface area (Å²) in [6.07, 6.45) is 0. The molecule has 24 heavy (non-hydrogen) atoms. The Morgan fingerprint density at radius 3 is 2.62 bits per heavy atom. The number of hydrogen-bond donors (Lipinski definition) is 2. The van der Waals surface area contributed by atoms with E-state index < -0.39 is 0 Å². The highest BCUT2D eigenvalue weighted by atomic mass is 16.5.